The van der Waals surface area contributed by atoms with Crippen LogP contribution in [-0.4, -0.2) is 12.1 Å². The highest BCUT2D eigenvalue weighted by atomic mass is 31.0. The number of nitrogens with zero attached hydrogens (tertiary/aromatic N) is 1. The van der Waals surface area contributed by atoms with Crippen LogP contribution in [0, 0.1) is 5.95 Å². The Balaban J connectivity index is 1.96. The number of pyridine rings is 1. The summed E-state index contributed by atoms with van der Waals surface area (Å²) < 4.78 is 17.9. The number of benzene rings is 1. The van der Waals surface area contributed by atoms with Crippen LogP contribution in [0.3, 0.4) is 0 Å². The van der Waals surface area contributed by atoms with E-state index in [0.717, 1.165) is 16.9 Å². The van der Waals surface area contributed by atoms with Gasteiger partial charge in [0.1, 0.15) is 5.75 Å². The zero-order valence-corrected chi connectivity index (χ0v) is 11.8. The van der Waals surface area contributed by atoms with Gasteiger partial charge in [0.05, 0.1) is 7.11 Å². The first-order chi connectivity index (χ1) is 9.19. The van der Waals surface area contributed by atoms with Gasteiger partial charge in [-0.2, -0.15) is 4.39 Å². The largest absolute Gasteiger partial charge is 0.497 e. The molecule has 3 nitrogen and oxygen atoms in total. The number of nitrogens with one attached hydrogen (secondary N) is 1. The van der Waals surface area contributed by atoms with Gasteiger partial charge in [-0.05, 0) is 29.3 Å². The Morgan fingerprint density at radius 1 is 1.37 bits per heavy atom. The van der Waals surface area contributed by atoms with Crippen LogP contribution in [-0.2, 0) is 6.54 Å². The maximum absolute atomic E-state index is 12.7. The van der Waals surface area contributed by atoms with Gasteiger partial charge in [-0.25, -0.2) is 4.98 Å². The van der Waals surface area contributed by atoms with E-state index in [-0.39, 0.29) is 5.78 Å². The number of ether oxygens (including phenoxy) is 1. The van der Waals surface area contributed by atoms with Crippen molar-refractivity contribution in [3.63, 3.8) is 0 Å². The van der Waals surface area contributed by atoms with Gasteiger partial charge in [-0.1, -0.05) is 18.2 Å². The SMILES string of the molecule is COc1cccc(C(P)NCc2ccc(F)nc2)c1. The number of halogens is 1. The molecule has 0 amide bonds. The Labute approximate surface area is 114 Å². The first-order valence-electron chi connectivity index (χ1n) is 5.92. The maximum atomic E-state index is 12.7. The van der Waals surface area contributed by atoms with Crippen molar-refractivity contribution in [2.45, 2.75) is 12.3 Å². The van der Waals surface area contributed by atoms with E-state index in [1.807, 2.05) is 24.3 Å². The molecule has 1 N–H and O–H groups in total. The van der Waals surface area contributed by atoms with Crippen molar-refractivity contribution in [2.24, 2.45) is 0 Å². The molecule has 0 saturated carbocycles. The Morgan fingerprint density at radius 2 is 2.21 bits per heavy atom. The number of hydrogen-bond acceptors (Lipinski definition) is 3. The molecular weight excluding hydrogens is 262 g/mol. The molecular formula is C14H16FN2OP. The van der Waals surface area contributed by atoms with E-state index in [4.69, 9.17) is 4.74 Å². The normalized spacial score (nSPS) is 12.2. The third-order valence-corrected chi connectivity index (χ3v) is 3.39. The average molecular weight is 278 g/mol. The molecule has 0 aliphatic rings. The van der Waals surface area contributed by atoms with Crippen LogP contribution in [0.1, 0.15) is 16.9 Å². The summed E-state index contributed by atoms with van der Waals surface area (Å²) in [4.78, 5) is 3.62. The molecule has 2 rings (SSSR count). The number of rotatable bonds is 5. The van der Waals surface area contributed by atoms with Crippen molar-refractivity contribution in [1.82, 2.24) is 10.3 Å². The van der Waals surface area contributed by atoms with Crippen molar-refractivity contribution < 1.29 is 9.13 Å². The highest BCUT2D eigenvalue weighted by Gasteiger charge is 2.06. The van der Waals surface area contributed by atoms with Gasteiger partial charge in [0.2, 0.25) is 5.95 Å². The Hall–Kier alpha value is -1.51. The molecule has 0 aliphatic carbocycles. The van der Waals surface area contributed by atoms with E-state index in [9.17, 15) is 4.39 Å². The predicted molar refractivity (Wildman–Crippen MR) is 76.5 cm³/mol. The monoisotopic (exact) mass is 278 g/mol. The summed E-state index contributed by atoms with van der Waals surface area (Å²) in [5, 5.41) is 3.33. The number of methoxy groups -OCH3 is 1. The zero-order chi connectivity index (χ0) is 13.7. The summed E-state index contributed by atoms with van der Waals surface area (Å²) in [5.41, 5.74) is 2.05. The molecule has 0 aliphatic heterocycles. The third-order valence-electron chi connectivity index (χ3n) is 2.77. The van der Waals surface area contributed by atoms with Gasteiger partial charge in [0, 0.05) is 18.5 Å². The zero-order valence-electron chi connectivity index (χ0n) is 10.6. The minimum absolute atomic E-state index is 0.0974. The van der Waals surface area contributed by atoms with E-state index in [1.165, 1.54) is 12.3 Å². The fourth-order valence-electron chi connectivity index (χ4n) is 1.69. The van der Waals surface area contributed by atoms with Crippen LogP contribution >= 0.6 is 9.24 Å². The quantitative estimate of drug-likeness (QED) is 0.674. The molecule has 0 saturated heterocycles. The lowest BCUT2D eigenvalue weighted by Crippen LogP contribution is -2.16. The lowest BCUT2D eigenvalue weighted by Gasteiger charge is -2.14. The number of aromatic nitrogens is 1. The predicted octanol–water partition coefficient (Wildman–Crippen LogP) is 2.89. The molecule has 0 radical (unpaired) electrons. The topological polar surface area (TPSA) is 34.1 Å². The minimum Gasteiger partial charge on any atom is -0.497 e. The summed E-state index contributed by atoms with van der Waals surface area (Å²) in [7, 11) is 4.38. The summed E-state index contributed by atoms with van der Waals surface area (Å²) in [5.74, 6) is 0.467. The third kappa shape index (κ3) is 3.98. The van der Waals surface area contributed by atoms with Gasteiger partial charge in [0.15, 0.2) is 0 Å². The van der Waals surface area contributed by atoms with Crippen molar-refractivity contribution in [2.75, 3.05) is 7.11 Å². The summed E-state index contributed by atoms with van der Waals surface area (Å²) in [6.45, 7) is 0.624. The Bertz CT molecular complexity index is 533. The lowest BCUT2D eigenvalue weighted by atomic mass is 10.2. The van der Waals surface area contributed by atoms with Gasteiger partial charge in [-0.15, -0.1) is 9.24 Å². The molecule has 2 atom stereocenters. The standard InChI is InChI=1S/C14H16FN2OP/c1-18-12-4-2-3-11(7-12)14(19)17-9-10-5-6-13(15)16-8-10/h2-8,14,17H,9,19H2,1H3. The first kappa shape index (κ1) is 13.9. The second kappa shape index (κ2) is 6.60. The molecule has 0 fully saturated rings. The van der Waals surface area contributed by atoms with E-state index >= 15 is 0 Å². The highest BCUT2D eigenvalue weighted by molar-refractivity contribution is 7.17. The summed E-state index contributed by atoms with van der Waals surface area (Å²) >= 11 is 0. The minimum atomic E-state index is -0.459. The molecule has 0 bridgehead atoms. The summed E-state index contributed by atoms with van der Waals surface area (Å²) in [6, 6.07) is 10.9. The van der Waals surface area contributed by atoms with Crippen LogP contribution in [0.5, 0.6) is 5.75 Å². The smallest absolute Gasteiger partial charge is 0.212 e. The molecule has 2 unspecified atom stereocenters. The first-order valence-corrected chi connectivity index (χ1v) is 6.59. The molecule has 0 spiro atoms. The maximum Gasteiger partial charge on any atom is 0.212 e. The Morgan fingerprint density at radius 3 is 2.89 bits per heavy atom. The molecule has 1 aromatic carbocycles. The van der Waals surface area contributed by atoms with E-state index in [0.29, 0.717) is 6.54 Å². The van der Waals surface area contributed by atoms with Crippen molar-refractivity contribution in [3.05, 3.63) is 59.7 Å². The van der Waals surface area contributed by atoms with Crippen LogP contribution in [0.4, 0.5) is 4.39 Å². The van der Waals surface area contributed by atoms with Gasteiger partial charge < -0.3 is 10.1 Å². The fourth-order valence-corrected chi connectivity index (χ4v) is 2.02. The highest BCUT2D eigenvalue weighted by Crippen LogP contribution is 2.24. The Kier molecular flexibility index (Phi) is 4.83. The molecule has 100 valence electrons. The molecule has 19 heavy (non-hydrogen) atoms. The molecule has 1 aromatic heterocycles. The van der Waals surface area contributed by atoms with Gasteiger partial charge in [-0.3, -0.25) is 0 Å². The van der Waals surface area contributed by atoms with Crippen LogP contribution in [0.25, 0.3) is 0 Å². The molecule has 2 aromatic rings. The van der Waals surface area contributed by atoms with Crippen molar-refractivity contribution >= 4 is 9.24 Å². The van der Waals surface area contributed by atoms with Crippen LogP contribution in [0.2, 0.25) is 0 Å². The average Bonchev–Trinajstić information content (AvgIpc) is 2.46. The lowest BCUT2D eigenvalue weighted by molar-refractivity contribution is 0.414. The second-order valence-electron chi connectivity index (χ2n) is 4.12. The van der Waals surface area contributed by atoms with Crippen LogP contribution in [0.15, 0.2) is 42.6 Å². The molecule has 5 heteroatoms. The molecule has 1 heterocycles. The second-order valence-corrected chi connectivity index (χ2v) is 4.79. The fraction of sp³-hybridized carbons (Fsp3) is 0.214. The van der Waals surface area contributed by atoms with Crippen molar-refractivity contribution in [1.29, 1.82) is 0 Å². The number of hydrogen-bond donors (Lipinski definition) is 1. The summed E-state index contributed by atoms with van der Waals surface area (Å²) in [6.07, 6.45) is 1.53. The van der Waals surface area contributed by atoms with E-state index in [2.05, 4.69) is 19.5 Å². The van der Waals surface area contributed by atoms with Crippen LogP contribution < -0.4 is 10.1 Å². The van der Waals surface area contributed by atoms with E-state index in [1.54, 1.807) is 13.2 Å². The van der Waals surface area contributed by atoms with Gasteiger partial charge in [0.25, 0.3) is 0 Å². The van der Waals surface area contributed by atoms with Crippen molar-refractivity contribution in [3.8, 4) is 5.75 Å². The van der Waals surface area contributed by atoms with E-state index < -0.39 is 5.95 Å². The van der Waals surface area contributed by atoms with Gasteiger partial charge >= 0.3 is 0 Å².